The van der Waals surface area contributed by atoms with Crippen LogP contribution in [0, 0.1) is 33.6 Å². The zero-order chi connectivity index (χ0) is 61.8. The molecule has 2 fully saturated rings. The number of hydrogen-bond acceptors (Lipinski definition) is 10. The Balaban J connectivity index is 0.000000248. The van der Waals surface area contributed by atoms with Crippen LogP contribution in [-0.4, -0.2) is 141 Å². The molecule has 18 heteroatoms. The smallest absolute Gasteiger partial charge is 0.318 e. The SMILES string of the molecule is C=C1CN(S(=O)(=O)c2ccc(C)cc2)CCCN(Cc2ccccc2)CCCN(S(=O)(=O)c2ccc(C)cc2)C1.Cc1cccc(C)c1OCC(=O)N[C@@H](Cc1ccccc1)[C@@H](O)C[C@H](Cc1ccccc1)NC(=O)[C@H](C(C)C)N1CCCNC1=O. The van der Waals surface area contributed by atoms with Crippen molar-refractivity contribution in [2.45, 2.75) is 121 Å². The van der Waals surface area contributed by atoms with Gasteiger partial charge < -0.3 is 30.7 Å². The third-order valence-corrected chi connectivity index (χ3v) is 19.3. The van der Waals surface area contributed by atoms with Crippen molar-refractivity contribution in [1.29, 1.82) is 0 Å². The van der Waals surface area contributed by atoms with Gasteiger partial charge in [0.05, 0.1) is 21.9 Å². The first-order chi connectivity index (χ1) is 41.2. The van der Waals surface area contributed by atoms with Gasteiger partial charge in [0, 0.05) is 51.9 Å². The molecule has 0 aliphatic carbocycles. The van der Waals surface area contributed by atoms with E-state index >= 15 is 0 Å². The summed E-state index contributed by atoms with van der Waals surface area (Å²) in [5.74, 6) is -0.0493. The fourth-order valence-corrected chi connectivity index (χ4v) is 14.0. The molecule has 86 heavy (non-hydrogen) atoms. The molecule has 0 spiro atoms. The van der Waals surface area contributed by atoms with E-state index in [1.165, 1.54) is 8.61 Å². The quantitative estimate of drug-likeness (QED) is 0.0504. The van der Waals surface area contributed by atoms with Crippen LogP contribution in [0.25, 0.3) is 0 Å². The van der Waals surface area contributed by atoms with E-state index in [9.17, 15) is 36.3 Å². The number of aliphatic hydroxyl groups excluding tert-OH is 1. The summed E-state index contributed by atoms with van der Waals surface area (Å²) in [6.07, 6.45) is 2.13. The monoisotopic (exact) mass is 1210 g/mol. The summed E-state index contributed by atoms with van der Waals surface area (Å²) in [6.45, 7) is 19.4. The number of benzene rings is 6. The van der Waals surface area contributed by atoms with Gasteiger partial charge in [-0.2, -0.15) is 8.61 Å². The molecule has 2 aliphatic heterocycles. The first kappa shape index (κ1) is 66.3. The molecular weight excluding hydrogens is 1120 g/mol. The molecule has 0 saturated carbocycles. The van der Waals surface area contributed by atoms with E-state index in [1.807, 2.05) is 139 Å². The fraction of sp³-hybridized carbons (Fsp3) is 0.397. The minimum Gasteiger partial charge on any atom is -0.483 e. The molecule has 16 nitrogen and oxygen atoms in total. The number of aryl methyl sites for hydroxylation is 4. The van der Waals surface area contributed by atoms with Crippen LogP contribution in [0.2, 0.25) is 0 Å². The number of hydrogen-bond donors (Lipinski definition) is 4. The van der Waals surface area contributed by atoms with Crippen LogP contribution in [0.5, 0.6) is 5.75 Å². The van der Waals surface area contributed by atoms with Crippen molar-refractivity contribution in [3.05, 3.63) is 209 Å². The van der Waals surface area contributed by atoms with Gasteiger partial charge in [-0.05, 0) is 143 Å². The second-order valence-electron chi connectivity index (χ2n) is 23.1. The highest BCUT2D eigenvalue weighted by molar-refractivity contribution is 7.89. The van der Waals surface area contributed by atoms with Crippen LogP contribution >= 0.6 is 0 Å². The van der Waals surface area contributed by atoms with Crippen molar-refractivity contribution >= 4 is 37.9 Å². The van der Waals surface area contributed by atoms with E-state index in [0.717, 1.165) is 45.4 Å². The molecule has 4 N–H and O–H groups in total. The first-order valence-electron chi connectivity index (χ1n) is 29.8. The topological polar surface area (TPSA) is 198 Å². The van der Waals surface area contributed by atoms with Crippen molar-refractivity contribution in [1.82, 2.24) is 34.4 Å². The molecule has 2 aliphatic rings. The molecule has 8 rings (SSSR count). The number of carbonyl (C=O) groups excluding carboxylic acids is 3. The van der Waals surface area contributed by atoms with E-state index in [4.69, 9.17) is 4.74 Å². The Bertz CT molecular complexity index is 3260. The van der Waals surface area contributed by atoms with Crippen LogP contribution < -0.4 is 20.7 Å². The first-order valence-corrected chi connectivity index (χ1v) is 32.7. The maximum atomic E-state index is 13.8. The van der Waals surface area contributed by atoms with E-state index < -0.39 is 44.3 Å². The molecule has 6 aromatic carbocycles. The van der Waals surface area contributed by atoms with Crippen LogP contribution in [0.4, 0.5) is 4.79 Å². The predicted octanol–water partition coefficient (Wildman–Crippen LogP) is 9.17. The fourth-order valence-electron chi connectivity index (χ4n) is 11.0. The highest BCUT2D eigenvalue weighted by Crippen LogP contribution is 2.25. The number of nitrogens with one attached hydrogen (secondary N) is 3. The molecular formula is C68H87N7O9S2. The standard InChI is InChI=1S/C37H48N4O5.C31H39N3O4S2/c1-25(2)34(41-20-12-19-38-37(41)45)36(44)39-30(21-28-15-7-5-8-16-28)23-32(42)31(22-29-17-9-6-10-18-29)40-33(43)24-46-35-26(3)13-11-14-27(35)4;1-26-11-15-30(16-12-26)39(35,36)33-21-7-19-32(25-29-9-5-4-6-10-29)20-8-22-34(24-28(3)23-33)40(37,38)31-17-13-27(2)14-18-31/h5-11,13-18,25,30-32,34,42H,12,19-24H2,1-4H3,(H,38,45)(H,39,44)(H,40,43);4-6,9-18H,3,7-8,19-25H2,1-2H3/t30-,31-,32-,34-;/m0./s1. The summed E-state index contributed by atoms with van der Waals surface area (Å²) in [6, 6.07) is 47.1. The molecule has 6 aromatic rings. The van der Waals surface area contributed by atoms with Crippen molar-refractivity contribution in [3.8, 4) is 5.75 Å². The van der Waals surface area contributed by atoms with Gasteiger partial charge in [0.1, 0.15) is 11.8 Å². The third-order valence-electron chi connectivity index (χ3n) is 15.5. The van der Waals surface area contributed by atoms with Gasteiger partial charge in [-0.3, -0.25) is 14.5 Å². The summed E-state index contributed by atoms with van der Waals surface area (Å²) in [5, 5.41) is 20.7. The van der Waals surface area contributed by atoms with Gasteiger partial charge in [-0.15, -0.1) is 0 Å². The van der Waals surface area contributed by atoms with Gasteiger partial charge in [-0.1, -0.05) is 165 Å². The Morgan fingerprint density at radius 1 is 0.616 bits per heavy atom. The van der Waals surface area contributed by atoms with Crippen molar-refractivity contribution < 1.29 is 41.1 Å². The van der Waals surface area contributed by atoms with Gasteiger partial charge in [0.15, 0.2) is 6.61 Å². The lowest BCUT2D eigenvalue weighted by Crippen LogP contribution is -2.59. The number of aliphatic hydroxyl groups is 1. The Morgan fingerprint density at radius 2 is 1.10 bits per heavy atom. The number of amides is 4. The summed E-state index contributed by atoms with van der Waals surface area (Å²) in [4.78, 5) is 44.1. The number of carbonyl (C=O) groups is 3. The zero-order valence-electron chi connectivity index (χ0n) is 50.7. The number of nitrogens with zero attached hydrogens (tertiary/aromatic N) is 4. The van der Waals surface area contributed by atoms with E-state index in [0.29, 0.717) is 82.8 Å². The molecule has 4 amide bonds. The predicted molar refractivity (Wildman–Crippen MR) is 340 cm³/mol. The van der Waals surface area contributed by atoms with Crippen molar-refractivity contribution in [2.75, 3.05) is 59.0 Å². The van der Waals surface area contributed by atoms with Gasteiger partial charge >= 0.3 is 6.03 Å². The number of sulfonamides is 2. The lowest BCUT2D eigenvalue weighted by molar-refractivity contribution is -0.128. The van der Waals surface area contributed by atoms with E-state index in [-0.39, 0.29) is 59.7 Å². The maximum absolute atomic E-state index is 13.8. The number of para-hydroxylation sites is 1. The Hall–Kier alpha value is -7.19. The van der Waals surface area contributed by atoms with Crippen molar-refractivity contribution in [2.24, 2.45) is 5.92 Å². The second kappa shape index (κ2) is 32.0. The highest BCUT2D eigenvalue weighted by atomic mass is 32.2. The van der Waals surface area contributed by atoms with Crippen LogP contribution in [0.1, 0.15) is 78.5 Å². The lowest BCUT2D eigenvalue weighted by atomic mass is 9.92. The normalized spacial score (nSPS) is 16.7. The molecule has 460 valence electrons. The van der Waals surface area contributed by atoms with E-state index in [2.05, 4.69) is 39.6 Å². The minimum absolute atomic E-state index is 0.0504. The van der Waals surface area contributed by atoms with E-state index in [1.54, 1.807) is 53.4 Å². The Morgan fingerprint density at radius 3 is 1.59 bits per heavy atom. The number of rotatable bonds is 21. The van der Waals surface area contributed by atoms with Gasteiger partial charge in [0.2, 0.25) is 26.0 Å². The number of ether oxygens (including phenoxy) is 1. The zero-order valence-corrected chi connectivity index (χ0v) is 52.4. The van der Waals surface area contributed by atoms with Crippen molar-refractivity contribution in [3.63, 3.8) is 0 Å². The molecule has 0 aromatic heterocycles. The summed E-state index contributed by atoms with van der Waals surface area (Å²) < 4.78 is 63.6. The molecule has 0 radical (unpaired) electrons. The third kappa shape index (κ3) is 19.4. The van der Waals surface area contributed by atoms with Gasteiger partial charge in [-0.25, -0.2) is 21.6 Å². The summed E-state index contributed by atoms with van der Waals surface area (Å²) in [7, 11) is -7.60. The Kier molecular flexibility index (Phi) is 24.7. The second-order valence-corrected chi connectivity index (χ2v) is 26.9. The largest absolute Gasteiger partial charge is 0.483 e. The summed E-state index contributed by atoms with van der Waals surface area (Å²) >= 11 is 0. The average molecular weight is 1210 g/mol. The maximum Gasteiger partial charge on any atom is 0.318 e. The van der Waals surface area contributed by atoms with Crippen LogP contribution in [0.15, 0.2) is 180 Å². The van der Waals surface area contributed by atoms with Crippen LogP contribution in [-0.2, 0) is 49.0 Å². The molecule has 2 saturated heterocycles. The molecule has 4 atom stereocenters. The number of urea groups is 1. The molecule has 0 bridgehead atoms. The minimum atomic E-state index is -3.80. The molecule has 0 unspecified atom stereocenters. The molecule has 2 heterocycles. The average Bonchev–Trinajstić information content (AvgIpc) is 3.59. The lowest BCUT2D eigenvalue weighted by Gasteiger charge is -2.37. The van der Waals surface area contributed by atoms with Gasteiger partial charge in [0.25, 0.3) is 5.91 Å². The Labute approximate surface area is 510 Å². The van der Waals surface area contributed by atoms with Crippen LogP contribution in [0.3, 0.4) is 0 Å². The highest BCUT2D eigenvalue weighted by Gasteiger charge is 2.36. The summed E-state index contributed by atoms with van der Waals surface area (Å²) in [5.41, 5.74) is 7.50.